The summed E-state index contributed by atoms with van der Waals surface area (Å²) >= 11 is 0. The number of carbonyl (C=O) groups excluding carboxylic acids is 2. The number of hydrogen-bond acceptors (Lipinski definition) is 3. The van der Waals surface area contributed by atoms with Crippen molar-refractivity contribution in [2.75, 3.05) is 5.32 Å². The van der Waals surface area contributed by atoms with Gasteiger partial charge in [-0.1, -0.05) is 19.3 Å². The maximum Gasteiger partial charge on any atom is 0.416 e. The van der Waals surface area contributed by atoms with Crippen LogP contribution in [-0.2, 0) is 15.8 Å². The summed E-state index contributed by atoms with van der Waals surface area (Å²) < 4.78 is 39.3. The normalized spacial score (nSPS) is 20.4. The molecule has 1 saturated carbocycles. The molecule has 148 valence electrons. The summed E-state index contributed by atoms with van der Waals surface area (Å²) in [5.41, 5.74) is -1.52. The molecule has 0 aromatic heterocycles. The molecule has 27 heavy (non-hydrogen) atoms. The van der Waals surface area contributed by atoms with Crippen LogP contribution in [0, 0.1) is 5.92 Å². The van der Waals surface area contributed by atoms with Crippen LogP contribution in [0.25, 0.3) is 0 Å². The first kappa shape index (κ1) is 20.7. The molecule has 6 nitrogen and oxygen atoms in total. The number of carbonyl (C=O) groups is 3. The van der Waals surface area contributed by atoms with Crippen molar-refractivity contribution in [2.24, 2.45) is 5.92 Å². The van der Waals surface area contributed by atoms with Crippen LogP contribution in [-0.4, -0.2) is 28.9 Å². The summed E-state index contributed by atoms with van der Waals surface area (Å²) in [6, 6.07) is 1.91. The zero-order valence-corrected chi connectivity index (χ0v) is 14.7. The number of benzene rings is 1. The number of anilines is 1. The van der Waals surface area contributed by atoms with Gasteiger partial charge in [-0.25, -0.2) is 0 Å². The van der Waals surface area contributed by atoms with Crippen molar-refractivity contribution in [1.29, 1.82) is 0 Å². The van der Waals surface area contributed by atoms with E-state index in [0.717, 1.165) is 38.3 Å². The Morgan fingerprint density at radius 2 is 1.74 bits per heavy atom. The number of carboxylic acids is 1. The Morgan fingerprint density at radius 1 is 1.07 bits per heavy atom. The third kappa shape index (κ3) is 5.70. The van der Waals surface area contributed by atoms with Gasteiger partial charge in [0, 0.05) is 24.2 Å². The van der Waals surface area contributed by atoms with Crippen LogP contribution in [0.1, 0.15) is 54.9 Å². The van der Waals surface area contributed by atoms with Gasteiger partial charge in [-0.2, -0.15) is 13.2 Å². The fraction of sp³-hybridized carbons (Fsp3) is 0.500. The van der Waals surface area contributed by atoms with Gasteiger partial charge in [-0.3, -0.25) is 14.4 Å². The molecule has 3 N–H and O–H groups in total. The largest absolute Gasteiger partial charge is 0.481 e. The van der Waals surface area contributed by atoms with Gasteiger partial charge >= 0.3 is 12.1 Å². The molecule has 1 fully saturated rings. The Labute approximate surface area is 154 Å². The van der Waals surface area contributed by atoms with E-state index in [9.17, 15) is 32.7 Å². The molecule has 9 heteroatoms. The highest BCUT2D eigenvalue weighted by Crippen LogP contribution is 2.32. The second-order valence-corrected chi connectivity index (χ2v) is 6.64. The Morgan fingerprint density at radius 3 is 2.33 bits per heavy atom. The summed E-state index contributed by atoms with van der Waals surface area (Å²) in [4.78, 5) is 35.1. The highest BCUT2D eigenvalue weighted by atomic mass is 19.4. The number of nitrogens with one attached hydrogen (secondary N) is 2. The van der Waals surface area contributed by atoms with Crippen LogP contribution >= 0.6 is 0 Å². The average molecular weight is 386 g/mol. The number of carboxylic acid groups (broad SMARTS) is 1. The monoisotopic (exact) mass is 386 g/mol. The van der Waals surface area contributed by atoms with Gasteiger partial charge in [0.25, 0.3) is 5.91 Å². The number of amides is 2. The van der Waals surface area contributed by atoms with Crippen molar-refractivity contribution >= 4 is 23.5 Å². The van der Waals surface area contributed by atoms with Gasteiger partial charge in [0.05, 0.1) is 11.5 Å². The molecule has 2 amide bonds. The smallest absolute Gasteiger partial charge is 0.416 e. The van der Waals surface area contributed by atoms with Gasteiger partial charge in [0.15, 0.2) is 0 Å². The van der Waals surface area contributed by atoms with E-state index in [4.69, 9.17) is 0 Å². The van der Waals surface area contributed by atoms with E-state index in [2.05, 4.69) is 10.6 Å². The molecule has 0 heterocycles. The molecule has 0 aliphatic heterocycles. The molecule has 1 aliphatic carbocycles. The summed E-state index contributed by atoms with van der Waals surface area (Å²) in [6.07, 6.45) is -1.56. The van der Waals surface area contributed by atoms with Crippen molar-refractivity contribution in [3.8, 4) is 0 Å². The minimum atomic E-state index is -4.70. The molecule has 0 spiro atoms. The summed E-state index contributed by atoms with van der Waals surface area (Å²) in [5.74, 6) is -3.19. The summed E-state index contributed by atoms with van der Waals surface area (Å²) in [6.45, 7) is 1.14. The van der Waals surface area contributed by atoms with E-state index >= 15 is 0 Å². The maximum atomic E-state index is 13.1. The molecule has 0 bridgehead atoms. The fourth-order valence-electron chi connectivity index (χ4n) is 3.23. The third-order valence-corrected chi connectivity index (χ3v) is 4.49. The van der Waals surface area contributed by atoms with Gasteiger partial charge < -0.3 is 15.7 Å². The summed E-state index contributed by atoms with van der Waals surface area (Å²) in [5, 5.41) is 14.2. The molecule has 0 radical (unpaired) electrons. The second kappa shape index (κ2) is 8.41. The Hall–Kier alpha value is -2.58. The third-order valence-electron chi connectivity index (χ3n) is 4.49. The topological polar surface area (TPSA) is 95.5 Å². The predicted octanol–water partition coefficient (Wildman–Crippen LogP) is 3.43. The second-order valence-electron chi connectivity index (χ2n) is 6.64. The first-order chi connectivity index (χ1) is 12.6. The van der Waals surface area contributed by atoms with Crippen LogP contribution in [0.15, 0.2) is 18.2 Å². The number of halogens is 3. The standard InChI is InChI=1S/C18H21F3N2O4/c1-10(24)22-13-8-11(7-12(9-13)18(19,20)21)16(25)23-15-6-4-2-3-5-14(15)17(26)27/h7-9,14-15H,2-6H2,1H3,(H,22,24)(H,23,25)(H,26,27)/t14-,15+/m1/s1. The molecule has 0 saturated heterocycles. The first-order valence-corrected chi connectivity index (χ1v) is 8.61. The van der Waals surface area contributed by atoms with Crippen molar-refractivity contribution < 1.29 is 32.7 Å². The Balaban J connectivity index is 2.30. The molecule has 2 atom stereocenters. The predicted molar refractivity (Wildman–Crippen MR) is 91.2 cm³/mol. The van der Waals surface area contributed by atoms with E-state index < -0.39 is 41.5 Å². The first-order valence-electron chi connectivity index (χ1n) is 8.61. The molecule has 1 aromatic rings. The molecular formula is C18H21F3N2O4. The zero-order chi connectivity index (χ0) is 20.2. The minimum absolute atomic E-state index is 0.155. The van der Waals surface area contributed by atoms with Crippen molar-refractivity contribution in [3.63, 3.8) is 0 Å². The van der Waals surface area contributed by atoms with Gasteiger partial charge in [-0.15, -0.1) is 0 Å². The van der Waals surface area contributed by atoms with E-state index in [1.54, 1.807) is 0 Å². The van der Waals surface area contributed by atoms with E-state index in [1.807, 2.05) is 0 Å². The van der Waals surface area contributed by atoms with Crippen LogP contribution in [0.4, 0.5) is 18.9 Å². The molecule has 2 rings (SSSR count). The SMILES string of the molecule is CC(=O)Nc1cc(C(=O)N[C@H]2CCCCC[C@H]2C(=O)O)cc(C(F)(F)F)c1. The lowest BCUT2D eigenvalue weighted by molar-refractivity contribution is -0.143. The lowest BCUT2D eigenvalue weighted by atomic mass is 9.94. The molecular weight excluding hydrogens is 365 g/mol. The average Bonchev–Trinajstić information content (AvgIpc) is 2.78. The lowest BCUT2D eigenvalue weighted by Gasteiger charge is -2.23. The van der Waals surface area contributed by atoms with Crippen molar-refractivity contribution in [1.82, 2.24) is 5.32 Å². The molecule has 1 aromatic carbocycles. The van der Waals surface area contributed by atoms with Gasteiger partial charge in [-0.05, 0) is 31.0 Å². The maximum absolute atomic E-state index is 13.1. The number of alkyl halides is 3. The number of rotatable bonds is 4. The highest BCUT2D eigenvalue weighted by Gasteiger charge is 2.34. The van der Waals surface area contributed by atoms with Crippen LogP contribution in [0.5, 0.6) is 0 Å². The highest BCUT2D eigenvalue weighted by molar-refractivity contribution is 5.97. The molecule has 0 unspecified atom stereocenters. The van der Waals surface area contributed by atoms with E-state index in [0.29, 0.717) is 18.9 Å². The quantitative estimate of drug-likeness (QED) is 0.691. The number of hydrogen-bond donors (Lipinski definition) is 3. The van der Waals surface area contributed by atoms with Crippen molar-refractivity contribution in [3.05, 3.63) is 29.3 Å². The van der Waals surface area contributed by atoms with E-state index in [-0.39, 0.29) is 11.3 Å². The van der Waals surface area contributed by atoms with Gasteiger partial charge in [0.1, 0.15) is 0 Å². The summed E-state index contributed by atoms with van der Waals surface area (Å²) in [7, 11) is 0. The van der Waals surface area contributed by atoms with Gasteiger partial charge in [0.2, 0.25) is 5.91 Å². The van der Waals surface area contributed by atoms with Crippen LogP contribution in [0.2, 0.25) is 0 Å². The minimum Gasteiger partial charge on any atom is -0.481 e. The molecule has 1 aliphatic rings. The fourth-order valence-corrected chi connectivity index (χ4v) is 3.23. The van der Waals surface area contributed by atoms with Crippen LogP contribution in [0.3, 0.4) is 0 Å². The zero-order valence-electron chi connectivity index (χ0n) is 14.7. The van der Waals surface area contributed by atoms with E-state index in [1.165, 1.54) is 0 Å². The Kier molecular flexibility index (Phi) is 6.45. The Bertz CT molecular complexity index is 734. The van der Waals surface area contributed by atoms with Crippen molar-refractivity contribution in [2.45, 2.75) is 51.2 Å². The number of aliphatic carboxylic acids is 1. The van der Waals surface area contributed by atoms with Crippen LogP contribution < -0.4 is 10.6 Å². The lowest BCUT2D eigenvalue weighted by Crippen LogP contribution is -2.42.